The van der Waals surface area contributed by atoms with Crippen LogP contribution in [-0.2, 0) is 61.9 Å². The van der Waals surface area contributed by atoms with Crippen molar-refractivity contribution in [1.29, 1.82) is 0 Å². The summed E-state index contributed by atoms with van der Waals surface area (Å²) in [6.45, 7) is 7.09. The SMILES string of the molecule is O=C(CCBr)NCCOCCOCCOCCOCCOCCOCCOCCOCCC(=O)ON1C(=O)CCC1=O. The van der Waals surface area contributed by atoms with Gasteiger partial charge in [0.1, 0.15) is 0 Å². The van der Waals surface area contributed by atoms with Crippen LogP contribution in [0.3, 0.4) is 0 Å². The maximum atomic E-state index is 11.6. The number of carbonyl (C=O) groups is 4. The molecule has 0 radical (unpaired) electrons. The van der Waals surface area contributed by atoms with E-state index in [1.807, 2.05) is 0 Å². The third kappa shape index (κ3) is 22.8. The molecule has 1 saturated heterocycles. The predicted molar refractivity (Wildman–Crippen MR) is 150 cm³/mol. The first-order valence-electron chi connectivity index (χ1n) is 14.1. The Hall–Kier alpha value is -1.76. The lowest BCUT2D eigenvalue weighted by atomic mass is 10.4. The summed E-state index contributed by atoms with van der Waals surface area (Å²) in [6, 6.07) is 0. The monoisotopic (exact) mass is 672 g/mol. The number of imide groups is 1. The molecule has 0 unspecified atom stereocenters. The Morgan fingerprint density at radius 1 is 0.571 bits per heavy atom. The highest BCUT2D eigenvalue weighted by Gasteiger charge is 2.32. The summed E-state index contributed by atoms with van der Waals surface area (Å²) >= 11 is 3.21. The summed E-state index contributed by atoms with van der Waals surface area (Å²) in [6.07, 6.45) is 0.503. The van der Waals surface area contributed by atoms with Crippen molar-refractivity contribution in [3.05, 3.63) is 0 Å². The van der Waals surface area contributed by atoms with E-state index >= 15 is 0 Å². The highest BCUT2D eigenvalue weighted by atomic mass is 79.9. The van der Waals surface area contributed by atoms with E-state index in [2.05, 4.69) is 21.2 Å². The molecule has 1 rings (SSSR count). The van der Waals surface area contributed by atoms with Crippen molar-refractivity contribution in [2.45, 2.75) is 25.7 Å². The Labute approximate surface area is 255 Å². The van der Waals surface area contributed by atoms with Gasteiger partial charge in [0.25, 0.3) is 11.8 Å². The first-order valence-corrected chi connectivity index (χ1v) is 15.2. The molecule has 1 aliphatic rings. The number of hydroxylamine groups is 2. The highest BCUT2D eigenvalue weighted by molar-refractivity contribution is 9.09. The molecule has 15 nitrogen and oxygen atoms in total. The lowest BCUT2D eigenvalue weighted by molar-refractivity contribution is -0.198. The first-order chi connectivity index (χ1) is 20.5. The second-order valence-electron chi connectivity index (χ2n) is 8.48. The van der Waals surface area contributed by atoms with Crippen molar-refractivity contribution in [3.8, 4) is 0 Å². The Kier molecular flexibility index (Phi) is 25.5. The van der Waals surface area contributed by atoms with Gasteiger partial charge in [0.05, 0.1) is 112 Å². The molecule has 0 spiro atoms. The van der Waals surface area contributed by atoms with E-state index in [9.17, 15) is 19.2 Å². The second kappa shape index (κ2) is 28.0. The van der Waals surface area contributed by atoms with Crippen molar-refractivity contribution in [3.63, 3.8) is 0 Å². The Bertz CT molecular complexity index is 716. The van der Waals surface area contributed by atoms with Gasteiger partial charge in [0.15, 0.2) is 0 Å². The van der Waals surface area contributed by atoms with E-state index in [4.69, 9.17) is 42.7 Å². The number of nitrogens with zero attached hydrogens (tertiary/aromatic N) is 1. The van der Waals surface area contributed by atoms with Gasteiger partial charge in [-0.1, -0.05) is 15.9 Å². The molecule has 1 N–H and O–H groups in total. The normalized spacial score (nSPS) is 13.2. The predicted octanol–water partition coefficient (Wildman–Crippen LogP) is 0.0177. The Balaban J connectivity index is 1.68. The van der Waals surface area contributed by atoms with Crippen molar-refractivity contribution in [1.82, 2.24) is 10.4 Å². The molecule has 1 aliphatic heterocycles. The van der Waals surface area contributed by atoms with Gasteiger partial charge in [-0.2, -0.15) is 0 Å². The average Bonchev–Trinajstić information content (AvgIpc) is 3.29. The van der Waals surface area contributed by atoms with Gasteiger partial charge < -0.3 is 48.0 Å². The first kappa shape index (κ1) is 38.3. The summed E-state index contributed by atoms with van der Waals surface area (Å²) in [5.41, 5.74) is 0. The summed E-state index contributed by atoms with van der Waals surface area (Å²) in [5, 5.41) is 3.92. The van der Waals surface area contributed by atoms with Crippen LogP contribution < -0.4 is 5.32 Å². The molecule has 3 amide bonds. The smallest absolute Gasteiger partial charge is 0.335 e. The van der Waals surface area contributed by atoms with Crippen LogP contribution >= 0.6 is 15.9 Å². The molecule has 0 aromatic rings. The van der Waals surface area contributed by atoms with E-state index < -0.39 is 17.8 Å². The van der Waals surface area contributed by atoms with Gasteiger partial charge in [-0.25, -0.2) is 4.79 Å². The van der Waals surface area contributed by atoms with E-state index in [0.717, 1.165) is 0 Å². The second-order valence-corrected chi connectivity index (χ2v) is 9.28. The van der Waals surface area contributed by atoms with Crippen molar-refractivity contribution >= 4 is 39.6 Å². The number of ether oxygens (including phenoxy) is 8. The van der Waals surface area contributed by atoms with Crippen LogP contribution in [0.1, 0.15) is 25.7 Å². The van der Waals surface area contributed by atoms with E-state index in [-0.39, 0.29) is 38.4 Å². The molecular formula is C26H45BrN2O13. The van der Waals surface area contributed by atoms with E-state index in [1.165, 1.54) is 0 Å². The van der Waals surface area contributed by atoms with Crippen LogP contribution in [0, 0.1) is 0 Å². The fourth-order valence-corrected chi connectivity index (χ4v) is 3.40. The number of carbonyl (C=O) groups excluding carboxylic acids is 4. The zero-order valence-corrected chi connectivity index (χ0v) is 25.8. The maximum Gasteiger partial charge on any atom is 0.335 e. The number of hydrogen-bond acceptors (Lipinski definition) is 13. The molecule has 1 fully saturated rings. The number of halogens is 1. The fourth-order valence-electron chi connectivity index (χ4n) is 3.04. The number of rotatable bonds is 30. The molecule has 0 aromatic carbocycles. The third-order valence-corrected chi connectivity index (χ3v) is 5.54. The van der Waals surface area contributed by atoms with Gasteiger partial charge in [-0.3, -0.25) is 14.4 Å². The van der Waals surface area contributed by atoms with E-state index in [0.29, 0.717) is 116 Å². The fraction of sp³-hybridized carbons (Fsp3) is 0.846. The van der Waals surface area contributed by atoms with Gasteiger partial charge in [0.2, 0.25) is 5.91 Å². The minimum absolute atomic E-state index is 0.00301. The van der Waals surface area contributed by atoms with Crippen LogP contribution in [0.5, 0.6) is 0 Å². The summed E-state index contributed by atoms with van der Waals surface area (Å²) in [5.74, 6) is -1.72. The highest BCUT2D eigenvalue weighted by Crippen LogP contribution is 2.12. The summed E-state index contributed by atoms with van der Waals surface area (Å²) < 4.78 is 43.1. The molecule has 0 saturated carbocycles. The van der Waals surface area contributed by atoms with Crippen LogP contribution in [0.15, 0.2) is 0 Å². The van der Waals surface area contributed by atoms with E-state index in [1.54, 1.807) is 0 Å². The number of hydrogen-bond donors (Lipinski definition) is 1. The number of amides is 3. The molecule has 1 heterocycles. The Morgan fingerprint density at radius 3 is 1.31 bits per heavy atom. The standard InChI is InChI=1S/C26H45BrN2O13/c27-5-3-23(30)28-6-8-35-10-12-37-14-16-39-18-20-41-22-21-40-19-17-38-15-13-36-11-9-34-7-4-26(33)42-29-24(31)1-2-25(29)32/h1-22H2,(H,28,30). The summed E-state index contributed by atoms with van der Waals surface area (Å²) in [7, 11) is 0. The summed E-state index contributed by atoms with van der Waals surface area (Å²) in [4.78, 5) is 50.3. The number of alkyl halides is 1. The molecular weight excluding hydrogens is 628 g/mol. The third-order valence-electron chi connectivity index (χ3n) is 5.14. The maximum absolute atomic E-state index is 11.6. The van der Waals surface area contributed by atoms with Gasteiger partial charge >= 0.3 is 5.97 Å². The molecule has 0 atom stereocenters. The lowest BCUT2D eigenvalue weighted by Gasteiger charge is -2.12. The minimum Gasteiger partial charge on any atom is -0.378 e. The molecule has 0 bridgehead atoms. The Morgan fingerprint density at radius 2 is 0.929 bits per heavy atom. The number of nitrogens with one attached hydrogen (secondary N) is 1. The van der Waals surface area contributed by atoms with Crippen molar-refractivity contribution in [2.24, 2.45) is 0 Å². The molecule has 16 heteroatoms. The minimum atomic E-state index is -0.700. The van der Waals surface area contributed by atoms with Crippen LogP contribution in [0.2, 0.25) is 0 Å². The molecule has 0 aliphatic carbocycles. The zero-order valence-electron chi connectivity index (χ0n) is 24.2. The van der Waals surface area contributed by atoms with Gasteiger partial charge in [-0.05, 0) is 0 Å². The van der Waals surface area contributed by atoms with Gasteiger partial charge in [-0.15, -0.1) is 5.06 Å². The molecule has 244 valence electrons. The van der Waals surface area contributed by atoms with Crippen LogP contribution in [0.25, 0.3) is 0 Å². The topological polar surface area (TPSA) is 167 Å². The van der Waals surface area contributed by atoms with Crippen molar-refractivity contribution in [2.75, 3.05) is 118 Å². The lowest BCUT2D eigenvalue weighted by Crippen LogP contribution is -2.32. The van der Waals surface area contributed by atoms with Crippen LogP contribution in [0.4, 0.5) is 0 Å². The largest absolute Gasteiger partial charge is 0.378 e. The molecule has 42 heavy (non-hydrogen) atoms. The average molecular weight is 674 g/mol. The quantitative estimate of drug-likeness (QED) is 0.0617. The molecule has 0 aromatic heterocycles. The van der Waals surface area contributed by atoms with Gasteiger partial charge in [0, 0.05) is 31.1 Å². The van der Waals surface area contributed by atoms with Crippen LogP contribution in [-0.4, -0.2) is 146 Å². The van der Waals surface area contributed by atoms with Crippen molar-refractivity contribution < 1.29 is 61.9 Å². The zero-order chi connectivity index (χ0) is 30.5.